The molecule has 1 aromatic carbocycles. The van der Waals surface area contributed by atoms with Crippen LogP contribution >= 0.6 is 15.9 Å². The van der Waals surface area contributed by atoms with Crippen LogP contribution in [0.1, 0.15) is 30.9 Å². The molecule has 4 heteroatoms. The van der Waals surface area contributed by atoms with Gasteiger partial charge in [-0.3, -0.25) is 0 Å². The number of ether oxygens (including phenoxy) is 1. The zero-order valence-electron chi connectivity index (χ0n) is 9.58. The number of isocyanates is 1. The SMILES string of the molecule is COc1cc(C(C)C)c(Br)cc1CN=C=O. The first-order valence-electron chi connectivity index (χ1n) is 5.00. The van der Waals surface area contributed by atoms with Gasteiger partial charge in [0, 0.05) is 10.0 Å². The summed E-state index contributed by atoms with van der Waals surface area (Å²) in [5, 5.41) is 0. The maximum Gasteiger partial charge on any atom is 0.235 e. The lowest BCUT2D eigenvalue weighted by atomic mass is 10.0. The smallest absolute Gasteiger partial charge is 0.235 e. The molecule has 0 unspecified atom stereocenters. The largest absolute Gasteiger partial charge is 0.496 e. The molecule has 0 radical (unpaired) electrons. The van der Waals surface area contributed by atoms with Crippen LogP contribution < -0.4 is 4.74 Å². The van der Waals surface area contributed by atoms with Crippen LogP contribution in [0.2, 0.25) is 0 Å². The Bertz CT molecular complexity index is 423. The van der Waals surface area contributed by atoms with E-state index in [-0.39, 0.29) is 0 Å². The third-order valence-corrected chi connectivity index (χ3v) is 3.02. The summed E-state index contributed by atoms with van der Waals surface area (Å²) in [6.07, 6.45) is 1.53. The summed E-state index contributed by atoms with van der Waals surface area (Å²) in [7, 11) is 1.61. The Morgan fingerprint density at radius 1 is 1.50 bits per heavy atom. The fraction of sp³-hybridized carbons (Fsp3) is 0.417. The van der Waals surface area contributed by atoms with Gasteiger partial charge in [-0.1, -0.05) is 29.8 Å². The molecule has 0 aliphatic heterocycles. The number of methoxy groups -OCH3 is 1. The predicted octanol–water partition coefficient (Wildman–Crippen LogP) is 3.42. The van der Waals surface area contributed by atoms with E-state index >= 15 is 0 Å². The van der Waals surface area contributed by atoms with Crippen molar-refractivity contribution in [3.05, 3.63) is 27.7 Å². The maximum atomic E-state index is 10.1. The van der Waals surface area contributed by atoms with Gasteiger partial charge in [-0.05, 0) is 23.6 Å². The summed E-state index contributed by atoms with van der Waals surface area (Å²) in [4.78, 5) is 13.7. The molecule has 0 bridgehead atoms. The fourth-order valence-corrected chi connectivity index (χ4v) is 2.33. The maximum absolute atomic E-state index is 10.1. The van der Waals surface area contributed by atoms with Crippen molar-refractivity contribution in [2.45, 2.75) is 26.3 Å². The molecule has 0 aromatic heterocycles. The van der Waals surface area contributed by atoms with E-state index in [4.69, 9.17) is 4.74 Å². The van der Waals surface area contributed by atoms with Gasteiger partial charge in [-0.15, -0.1) is 0 Å². The first-order chi connectivity index (χ1) is 7.60. The Balaban J connectivity index is 3.20. The lowest BCUT2D eigenvalue weighted by Gasteiger charge is -2.13. The minimum Gasteiger partial charge on any atom is -0.496 e. The summed E-state index contributed by atoms with van der Waals surface area (Å²) >= 11 is 3.51. The number of carbonyl (C=O) groups excluding carboxylic acids is 1. The van der Waals surface area contributed by atoms with Crippen molar-refractivity contribution in [1.82, 2.24) is 0 Å². The Hall–Kier alpha value is -1.12. The molecule has 16 heavy (non-hydrogen) atoms. The van der Waals surface area contributed by atoms with Gasteiger partial charge in [0.2, 0.25) is 6.08 Å². The van der Waals surface area contributed by atoms with Crippen molar-refractivity contribution in [2.24, 2.45) is 4.99 Å². The molecule has 0 heterocycles. The first-order valence-corrected chi connectivity index (χ1v) is 5.79. The van der Waals surface area contributed by atoms with Gasteiger partial charge in [0.15, 0.2) is 0 Å². The standard InChI is InChI=1S/C12H14BrNO2/c1-8(2)10-5-12(16-3)9(4-11(10)13)6-14-7-15/h4-5,8H,6H2,1-3H3. The molecule has 3 nitrogen and oxygen atoms in total. The summed E-state index contributed by atoms with van der Waals surface area (Å²) in [6, 6.07) is 3.92. The van der Waals surface area contributed by atoms with Gasteiger partial charge in [-0.25, -0.2) is 9.79 Å². The molecule has 0 saturated heterocycles. The number of rotatable bonds is 4. The highest BCUT2D eigenvalue weighted by Crippen LogP contribution is 2.32. The quantitative estimate of drug-likeness (QED) is 0.627. The van der Waals surface area contributed by atoms with Crippen molar-refractivity contribution < 1.29 is 9.53 Å². The zero-order chi connectivity index (χ0) is 12.1. The summed E-state index contributed by atoms with van der Waals surface area (Å²) < 4.78 is 6.29. The Morgan fingerprint density at radius 2 is 2.19 bits per heavy atom. The average molecular weight is 284 g/mol. The normalized spacial score (nSPS) is 10.1. The molecule has 1 rings (SSSR count). The van der Waals surface area contributed by atoms with Crippen molar-refractivity contribution in [3.8, 4) is 5.75 Å². The van der Waals surface area contributed by atoms with Crippen LogP contribution in [-0.2, 0) is 11.3 Å². The van der Waals surface area contributed by atoms with E-state index in [2.05, 4.69) is 34.8 Å². The molecule has 0 atom stereocenters. The number of benzene rings is 1. The third-order valence-electron chi connectivity index (χ3n) is 2.34. The van der Waals surface area contributed by atoms with Crippen LogP contribution in [0, 0.1) is 0 Å². The summed E-state index contributed by atoms with van der Waals surface area (Å²) in [5.41, 5.74) is 2.05. The van der Waals surface area contributed by atoms with Crippen LogP contribution in [0.4, 0.5) is 0 Å². The first kappa shape index (κ1) is 12.9. The minimum atomic E-state index is 0.295. The van der Waals surface area contributed by atoms with E-state index in [9.17, 15) is 4.79 Å². The van der Waals surface area contributed by atoms with E-state index in [1.807, 2.05) is 12.1 Å². The molecule has 0 aliphatic rings. The lowest BCUT2D eigenvalue weighted by molar-refractivity contribution is 0.409. The van der Waals surface area contributed by atoms with Crippen molar-refractivity contribution in [3.63, 3.8) is 0 Å². The van der Waals surface area contributed by atoms with Crippen molar-refractivity contribution in [2.75, 3.05) is 7.11 Å². The Labute approximate surface area is 104 Å². The minimum absolute atomic E-state index is 0.295. The molecule has 0 spiro atoms. The molecule has 0 amide bonds. The number of hydrogen-bond acceptors (Lipinski definition) is 3. The van der Waals surface area contributed by atoms with Gasteiger partial charge in [0.05, 0.1) is 13.7 Å². The van der Waals surface area contributed by atoms with Crippen LogP contribution in [0.25, 0.3) is 0 Å². The molecule has 0 saturated carbocycles. The topological polar surface area (TPSA) is 38.7 Å². The number of nitrogens with zero attached hydrogens (tertiary/aromatic N) is 1. The summed E-state index contributed by atoms with van der Waals surface area (Å²) in [5.74, 6) is 1.16. The van der Waals surface area contributed by atoms with Gasteiger partial charge < -0.3 is 4.74 Å². The second-order valence-electron chi connectivity index (χ2n) is 3.75. The Kier molecular flexibility index (Phi) is 4.71. The highest BCUT2D eigenvalue weighted by molar-refractivity contribution is 9.10. The zero-order valence-corrected chi connectivity index (χ0v) is 11.2. The van der Waals surface area contributed by atoms with E-state index in [0.29, 0.717) is 12.5 Å². The molecule has 86 valence electrons. The second kappa shape index (κ2) is 5.83. The lowest BCUT2D eigenvalue weighted by Crippen LogP contribution is -1.96. The molecule has 0 aliphatic carbocycles. The van der Waals surface area contributed by atoms with Crippen LogP contribution in [0.3, 0.4) is 0 Å². The monoisotopic (exact) mass is 283 g/mol. The predicted molar refractivity (Wildman–Crippen MR) is 66.6 cm³/mol. The van der Waals surface area contributed by atoms with E-state index < -0.39 is 0 Å². The van der Waals surface area contributed by atoms with E-state index in [1.165, 1.54) is 11.6 Å². The molecule has 0 fully saturated rings. The molecular formula is C12H14BrNO2. The Morgan fingerprint density at radius 3 is 2.69 bits per heavy atom. The summed E-state index contributed by atoms with van der Waals surface area (Å²) in [6.45, 7) is 4.52. The number of hydrogen-bond donors (Lipinski definition) is 0. The average Bonchev–Trinajstić information content (AvgIpc) is 2.25. The van der Waals surface area contributed by atoms with Gasteiger partial charge >= 0.3 is 0 Å². The van der Waals surface area contributed by atoms with E-state index in [1.54, 1.807) is 7.11 Å². The van der Waals surface area contributed by atoms with Gasteiger partial charge in [0.1, 0.15) is 5.75 Å². The number of aliphatic imine (C=N–C) groups is 1. The second-order valence-corrected chi connectivity index (χ2v) is 4.60. The molecular weight excluding hydrogens is 270 g/mol. The fourth-order valence-electron chi connectivity index (χ4n) is 1.48. The highest BCUT2D eigenvalue weighted by Gasteiger charge is 2.11. The van der Waals surface area contributed by atoms with Crippen molar-refractivity contribution in [1.29, 1.82) is 0 Å². The van der Waals surface area contributed by atoms with Gasteiger partial charge in [0.25, 0.3) is 0 Å². The van der Waals surface area contributed by atoms with Crippen molar-refractivity contribution >= 4 is 22.0 Å². The van der Waals surface area contributed by atoms with Crippen LogP contribution in [0.15, 0.2) is 21.6 Å². The van der Waals surface area contributed by atoms with Crippen LogP contribution in [0.5, 0.6) is 5.75 Å². The van der Waals surface area contributed by atoms with Crippen LogP contribution in [-0.4, -0.2) is 13.2 Å². The number of halogens is 1. The van der Waals surface area contributed by atoms with E-state index in [0.717, 1.165) is 15.8 Å². The molecule has 1 aromatic rings. The molecule has 0 N–H and O–H groups in total. The van der Waals surface area contributed by atoms with Gasteiger partial charge in [-0.2, -0.15) is 0 Å². The highest BCUT2D eigenvalue weighted by atomic mass is 79.9. The third kappa shape index (κ3) is 2.94.